The van der Waals surface area contributed by atoms with E-state index in [1.54, 1.807) is 4.90 Å². The summed E-state index contributed by atoms with van der Waals surface area (Å²) in [5, 5.41) is 14.0. The number of carbonyl (C=O) groups excluding carboxylic acids is 2. The van der Waals surface area contributed by atoms with Crippen molar-refractivity contribution in [3.05, 3.63) is 82.8 Å². The minimum atomic E-state index is -0.801. The Morgan fingerprint density at radius 1 is 1.15 bits per heavy atom. The largest absolute Gasteiger partial charge is 0.400 e. The van der Waals surface area contributed by atoms with Crippen molar-refractivity contribution in [3.8, 4) is 0 Å². The van der Waals surface area contributed by atoms with E-state index in [4.69, 9.17) is 11.1 Å². The van der Waals surface area contributed by atoms with Gasteiger partial charge in [0.1, 0.15) is 11.7 Å². The van der Waals surface area contributed by atoms with Crippen molar-refractivity contribution in [2.75, 3.05) is 6.54 Å². The highest BCUT2D eigenvalue weighted by molar-refractivity contribution is 6.08. The van der Waals surface area contributed by atoms with Crippen molar-refractivity contribution < 1.29 is 14.0 Å². The maximum Gasteiger partial charge on any atom is 0.318 e. The molecule has 2 aromatic carbocycles. The Labute approximate surface area is 192 Å². The van der Waals surface area contributed by atoms with Gasteiger partial charge in [-0.1, -0.05) is 42.5 Å². The molecule has 7 nitrogen and oxygen atoms in total. The van der Waals surface area contributed by atoms with E-state index in [-0.39, 0.29) is 36.7 Å². The first-order chi connectivity index (χ1) is 15.7. The summed E-state index contributed by atoms with van der Waals surface area (Å²) in [6.45, 7) is 3.78. The molecule has 1 saturated carbocycles. The van der Waals surface area contributed by atoms with Gasteiger partial charge in [0.15, 0.2) is 0 Å². The van der Waals surface area contributed by atoms with E-state index >= 15 is 0 Å². The molecule has 8 heteroatoms. The summed E-state index contributed by atoms with van der Waals surface area (Å²) in [4.78, 5) is 27.0. The van der Waals surface area contributed by atoms with Gasteiger partial charge in [0.25, 0.3) is 0 Å². The molecule has 5 N–H and O–H groups in total. The lowest BCUT2D eigenvalue weighted by atomic mass is 10.0. The fraction of sp³-hybridized carbons (Fsp3) is 0.320. The summed E-state index contributed by atoms with van der Waals surface area (Å²) in [5.41, 5.74) is 8.14. The van der Waals surface area contributed by atoms with Crippen LogP contribution in [-0.2, 0) is 11.2 Å². The molecule has 1 aliphatic heterocycles. The number of urea groups is 1. The molecule has 4 rings (SSSR count). The molecule has 0 saturated heterocycles. The highest BCUT2D eigenvalue weighted by Crippen LogP contribution is 2.41. The summed E-state index contributed by atoms with van der Waals surface area (Å²) in [6, 6.07) is 15.5. The van der Waals surface area contributed by atoms with E-state index in [9.17, 15) is 14.0 Å². The second-order valence-corrected chi connectivity index (χ2v) is 9.07. The van der Waals surface area contributed by atoms with Crippen molar-refractivity contribution in [1.29, 1.82) is 5.41 Å². The Kier molecular flexibility index (Phi) is 5.93. The number of hydrogen-bond donors (Lipinski definition) is 4. The topological polar surface area (TPSA) is 111 Å². The summed E-state index contributed by atoms with van der Waals surface area (Å²) in [7, 11) is 0. The minimum Gasteiger partial charge on any atom is -0.400 e. The first-order valence-electron chi connectivity index (χ1n) is 10.9. The van der Waals surface area contributed by atoms with Crippen molar-refractivity contribution in [2.24, 2.45) is 5.73 Å². The number of nitrogens with one attached hydrogen (secondary N) is 3. The monoisotopic (exact) mass is 449 g/mol. The van der Waals surface area contributed by atoms with E-state index in [0.29, 0.717) is 22.8 Å². The molecule has 3 amide bonds. The number of carbonyl (C=O) groups is 2. The first-order valence-corrected chi connectivity index (χ1v) is 10.9. The lowest BCUT2D eigenvalue weighted by Gasteiger charge is -2.33. The highest BCUT2D eigenvalue weighted by atomic mass is 19.1. The quantitative estimate of drug-likeness (QED) is 0.416. The highest BCUT2D eigenvalue weighted by Gasteiger charge is 2.46. The third-order valence-corrected chi connectivity index (χ3v) is 6.39. The van der Waals surface area contributed by atoms with E-state index in [0.717, 1.165) is 6.42 Å². The van der Waals surface area contributed by atoms with Gasteiger partial charge in [-0.15, -0.1) is 0 Å². The number of rotatable bonds is 5. The lowest BCUT2D eigenvalue weighted by Crippen LogP contribution is -2.51. The number of nitrogens with two attached hydrogens (primary N) is 1. The fourth-order valence-corrected chi connectivity index (χ4v) is 4.20. The molecule has 0 spiro atoms. The number of amidine groups is 1. The van der Waals surface area contributed by atoms with E-state index in [2.05, 4.69) is 22.8 Å². The molecule has 1 heterocycles. The molecule has 0 radical (unpaired) electrons. The second kappa shape index (κ2) is 8.69. The van der Waals surface area contributed by atoms with Gasteiger partial charge in [-0.05, 0) is 43.5 Å². The van der Waals surface area contributed by atoms with Crippen molar-refractivity contribution >= 4 is 17.8 Å². The lowest BCUT2D eigenvalue weighted by molar-refractivity contribution is -0.119. The van der Waals surface area contributed by atoms with Crippen LogP contribution in [-0.4, -0.2) is 40.8 Å². The van der Waals surface area contributed by atoms with Crippen LogP contribution in [0, 0.1) is 11.2 Å². The number of nitrogens with zero attached hydrogens (tertiary/aromatic N) is 1. The van der Waals surface area contributed by atoms with Crippen molar-refractivity contribution in [3.63, 3.8) is 0 Å². The molecule has 2 aliphatic rings. The standard InChI is InChI=1S/C25H28FN5O2/c1-25(2)22(27)19(23(28)30-21(32)12-15-8-10-17(26)11-9-15)14-31(25)24(33)29-20-13-18(20)16-6-4-3-5-7-16/h3-11,18,20H,12-14,27H2,1-2H3,(H,29,33)(H2,28,30,32)/t18-,20+/m0/s1. The molecule has 1 aliphatic carbocycles. The minimum absolute atomic E-state index is 0.00594. The van der Waals surface area contributed by atoms with E-state index in [1.807, 2.05) is 32.0 Å². The Morgan fingerprint density at radius 3 is 2.48 bits per heavy atom. The van der Waals surface area contributed by atoms with Crippen LogP contribution in [0.4, 0.5) is 9.18 Å². The molecule has 2 atom stereocenters. The van der Waals surface area contributed by atoms with Gasteiger partial charge in [-0.25, -0.2) is 9.18 Å². The molecule has 172 valence electrons. The molecular weight excluding hydrogens is 421 g/mol. The fourth-order valence-electron chi connectivity index (χ4n) is 4.20. The zero-order chi connectivity index (χ0) is 23.8. The third-order valence-electron chi connectivity index (χ3n) is 6.39. The van der Waals surface area contributed by atoms with Gasteiger partial charge in [-0.3, -0.25) is 10.2 Å². The van der Waals surface area contributed by atoms with Crippen LogP contribution in [0.25, 0.3) is 0 Å². The molecule has 1 fully saturated rings. The average Bonchev–Trinajstić information content (AvgIpc) is 3.49. The number of amides is 3. The Morgan fingerprint density at radius 2 is 1.82 bits per heavy atom. The van der Waals surface area contributed by atoms with Crippen LogP contribution < -0.4 is 16.4 Å². The van der Waals surface area contributed by atoms with Crippen LogP contribution in [0.2, 0.25) is 0 Å². The summed E-state index contributed by atoms with van der Waals surface area (Å²) < 4.78 is 13.1. The summed E-state index contributed by atoms with van der Waals surface area (Å²) >= 11 is 0. The Balaban J connectivity index is 1.36. The third kappa shape index (κ3) is 4.74. The Bertz CT molecular complexity index is 1110. The first kappa shape index (κ1) is 22.5. The predicted molar refractivity (Wildman–Crippen MR) is 124 cm³/mol. The van der Waals surface area contributed by atoms with Crippen molar-refractivity contribution in [1.82, 2.24) is 15.5 Å². The molecule has 2 aromatic rings. The van der Waals surface area contributed by atoms with Crippen LogP contribution in [0.5, 0.6) is 0 Å². The van der Waals surface area contributed by atoms with Crippen molar-refractivity contribution in [2.45, 2.75) is 44.2 Å². The second-order valence-electron chi connectivity index (χ2n) is 9.07. The molecule has 33 heavy (non-hydrogen) atoms. The molecule has 0 aromatic heterocycles. The Hall–Kier alpha value is -3.68. The predicted octanol–water partition coefficient (Wildman–Crippen LogP) is 3.03. The normalized spacial score (nSPS) is 21.0. The number of hydrogen-bond acceptors (Lipinski definition) is 4. The van der Waals surface area contributed by atoms with Gasteiger partial charge in [0.05, 0.1) is 18.5 Å². The molecule has 0 unspecified atom stereocenters. The van der Waals surface area contributed by atoms with Crippen LogP contribution in [0.1, 0.15) is 37.3 Å². The smallest absolute Gasteiger partial charge is 0.318 e. The summed E-state index contributed by atoms with van der Waals surface area (Å²) in [6.07, 6.45) is 0.890. The average molecular weight is 450 g/mol. The van der Waals surface area contributed by atoms with Gasteiger partial charge >= 0.3 is 6.03 Å². The van der Waals surface area contributed by atoms with E-state index in [1.165, 1.54) is 29.8 Å². The van der Waals surface area contributed by atoms with E-state index < -0.39 is 11.4 Å². The van der Waals surface area contributed by atoms with Gasteiger partial charge < -0.3 is 21.3 Å². The number of halogens is 1. The van der Waals surface area contributed by atoms with Crippen LogP contribution >= 0.6 is 0 Å². The van der Waals surface area contributed by atoms with Gasteiger partial charge in [0, 0.05) is 23.2 Å². The maximum absolute atomic E-state index is 13.1. The van der Waals surface area contributed by atoms with Crippen LogP contribution in [0.3, 0.4) is 0 Å². The molecule has 0 bridgehead atoms. The zero-order valence-corrected chi connectivity index (χ0v) is 18.7. The zero-order valence-electron chi connectivity index (χ0n) is 18.7. The number of benzene rings is 2. The molecular formula is C25H28FN5O2. The SMILES string of the molecule is CC1(C)C(N)=C(C(=N)NC(=O)Cc2ccc(F)cc2)CN1C(=O)N[C@@H]1C[C@H]1c1ccccc1. The maximum atomic E-state index is 13.1. The van der Waals surface area contributed by atoms with Gasteiger partial charge in [0.2, 0.25) is 5.91 Å². The van der Waals surface area contributed by atoms with Crippen LogP contribution in [0.15, 0.2) is 65.9 Å². The van der Waals surface area contributed by atoms with Gasteiger partial charge in [-0.2, -0.15) is 0 Å². The summed E-state index contributed by atoms with van der Waals surface area (Å²) in [5.74, 6) is -0.611.